The number of rotatable bonds is 11. The summed E-state index contributed by atoms with van der Waals surface area (Å²) in [6, 6.07) is 49.9. The Hall–Kier alpha value is -3.77. The number of benzene rings is 5. The van der Waals surface area contributed by atoms with Crippen LogP contribution in [0.15, 0.2) is 139 Å². The maximum atomic E-state index is 8.25. The zero-order valence-corrected chi connectivity index (χ0v) is 30.6. The van der Waals surface area contributed by atoms with Gasteiger partial charge in [-0.3, -0.25) is 0 Å². The number of aryl methyl sites for hydroxylation is 1. The van der Waals surface area contributed by atoms with E-state index in [0.29, 0.717) is 5.92 Å². The van der Waals surface area contributed by atoms with Gasteiger partial charge in [-0.2, -0.15) is 0 Å². The van der Waals surface area contributed by atoms with E-state index in [1.165, 1.54) is 76.7 Å². The first-order chi connectivity index (χ1) is 24.0. The van der Waals surface area contributed by atoms with E-state index < -0.39 is 6.83 Å². The molecule has 0 aromatic heterocycles. The van der Waals surface area contributed by atoms with Gasteiger partial charge in [0.2, 0.25) is 0 Å². The second-order valence-corrected chi connectivity index (χ2v) is 19.2. The van der Waals surface area contributed by atoms with E-state index in [-0.39, 0.29) is 6.10 Å². The van der Waals surface area contributed by atoms with Crippen LogP contribution in [0.2, 0.25) is 0 Å². The zero-order chi connectivity index (χ0) is 33.7. The summed E-state index contributed by atoms with van der Waals surface area (Å²) in [5.41, 5.74) is 8.61. The standard InChI is InChI=1S/C47H53OP/c1-4-19-37-22-17-23-39-24-18-25-40(45(39)33-37)34-41(32-36(3)5-2)47-44-30-15-16-31-46(44)49(48-47,42-26-11-7-12-27-42,43-28-13-8-14-29-43)35-38-20-9-6-10-21-38/h6-16,18,20-21,24-31,34,36-37,47H,4-5,17,19,22-23,32-33,35H2,1-3H3. The van der Waals surface area contributed by atoms with Gasteiger partial charge < -0.3 is 0 Å². The topological polar surface area (TPSA) is 9.23 Å². The van der Waals surface area contributed by atoms with Crippen LogP contribution < -0.4 is 15.9 Å². The van der Waals surface area contributed by atoms with Gasteiger partial charge in [0, 0.05) is 0 Å². The Morgan fingerprint density at radius 2 is 1.43 bits per heavy atom. The molecule has 0 amide bonds. The van der Waals surface area contributed by atoms with E-state index in [2.05, 4.69) is 160 Å². The predicted molar refractivity (Wildman–Crippen MR) is 213 cm³/mol. The van der Waals surface area contributed by atoms with Crippen molar-refractivity contribution >= 4 is 28.8 Å². The van der Waals surface area contributed by atoms with Crippen molar-refractivity contribution in [2.24, 2.45) is 11.8 Å². The quantitative estimate of drug-likeness (QED) is 0.101. The molecular weight excluding hydrogens is 611 g/mol. The molecule has 5 aromatic carbocycles. The van der Waals surface area contributed by atoms with E-state index in [0.717, 1.165) is 24.9 Å². The van der Waals surface area contributed by atoms with Crippen molar-refractivity contribution < 1.29 is 4.52 Å². The van der Waals surface area contributed by atoms with Gasteiger partial charge in [-0.1, -0.05) is 0 Å². The SMILES string of the molecule is CCCC1CCCc2cccc(C=C(CC(C)CC)C3OP(Cc4ccccc4)(c4ccccc4)(c4ccccc4)c4ccccc43)c2C1. The molecule has 0 fully saturated rings. The van der Waals surface area contributed by atoms with Crippen molar-refractivity contribution in [2.45, 2.75) is 84.4 Å². The van der Waals surface area contributed by atoms with E-state index in [4.69, 9.17) is 4.52 Å². The van der Waals surface area contributed by atoms with E-state index in [1.807, 2.05) is 0 Å². The average Bonchev–Trinajstić information content (AvgIpc) is 3.29. The molecule has 252 valence electrons. The van der Waals surface area contributed by atoms with Gasteiger partial charge in [0.25, 0.3) is 0 Å². The summed E-state index contributed by atoms with van der Waals surface area (Å²) in [4.78, 5) is 0. The molecule has 49 heavy (non-hydrogen) atoms. The van der Waals surface area contributed by atoms with Crippen LogP contribution >= 0.6 is 6.83 Å². The predicted octanol–water partition coefficient (Wildman–Crippen LogP) is 11.5. The van der Waals surface area contributed by atoms with Crippen LogP contribution in [0.4, 0.5) is 0 Å². The van der Waals surface area contributed by atoms with Crippen LogP contribution in [-0.4, -0.2) is 0 Å². The van der Waals surface area contributed by atoms with Crippen molar-refractivity contribution in [3.05, 3.63) is 167 Å². The van der Waals surface area contributed by atoms with Crippen LogP contribution in [0.1, 0.15) is 93.2 Å². The van der Waals surface area contributed by atoms with Crippen LogP contribution in [0, 0.1) is 11.8 Å². The third-order valence-corrected chi connectivity index (χ3v) is 17.4. The minimum atomic E-state index is -3.54. The van der Waals surface area contributed by atoms with Gasteiger partial charge in [0.05, 0.1) is 0 Å². The summed E-state index contributed by atoms with van der Waals surface area (Å²) >= 11 is 0. The average molecular weight is 665 g/mol. The fraction of sp³-hybridized carbons (Fsp3) is 0.319. The monoisotopic (exact) mass is 664 g/mol. The first kappa shape index (κ1) is 33.7. The van der Waals surface area contributed by atoms with Crippen molar-refractivity contribution in [3.63, 3.8) is 0 Å². The number of hydrogen-bond donors (Lipinski definition) is 0. The van der Waals surface area contributed by atoms with Crippen LogP contribution in [0.5, 0.6) is 0 Å². The Morgan fingerprint density at radius 1 is 0.776 bits per heavy atom. The van der Waals surface area contributed by atoms with Crippen LogP contribution in [0.25, 0.3) is 6.08 Å². The molecule has 1 nitrogen and oxygen atoms in total. The Morgan fingerprint density at radius 3 is 2.10 bits per heavy atom. The summed E-state index contributed by atoms with van der Waals surface area (Å²) in [7, 11) is 0. The van der Waals surface area contributed by atoms with Gasteiger partial charge in [0.15, 0.2) is 0 Å². The van der Waals surface area contributed by atoms with Gasteiger partial charge in [0.1, 0.15) is 0 Å². The Bertz CT molecular complexity index is 1840. The molecule has 2 aliphatic rings. The molecular formula is C47H53OP. The van der Waals surface area contributed by atoms with Crippen LogP contribution in [0.3, 0.4) is 0 Å². The molecule has 5 aromatic rings. The third kappa shape index (κ3) is 6.26. The molecule has 3 unspecified atom stereocenters. The van der Waals surface area contributed by atoms with Gasteiger partial charge in [-0.05, 0) is 0 Å². The maximum absolute atomic E-state index is 8.25. The molecule has 0 saturated carbocycles. The summed E-state index contributed by atoms with van der Waals surface area (Å²) in [6.07, 6.45) is 13.0. The number of hydrogen-bond acceptors (Lipinski definition) is 1. The minimum absolute atomic E-state index is 0.139. The fourth-order valence-electron chi connectivity index (χ4n) is 8.91. The molecule has 0 N–H and O–H groups in total. The Kier molecular flexibility index (Phi) is 10.0. The van der Waals surface area contributed by atoms with Gasteiger partial charge >= 0.3 is 296 Å². The van der Waals surface area contributed by atoms with Crippen molar-refractivity contribution in [1.29, 1.82) is 0 Å². The van der Waals surface area contributed by atoms with Crippen molar-refractivity contribution in [2.75, 3.05) is 0 Å². The van der Waals surface area contributed by atoms with E-state index in [9.17, 15) is 0 Å². The van der Waals surface area contributed by atoms with Crippen molar-refractivity contribution in [1.82, 2.24) is 0 Å². The summed E-state index contributed by atoms with van der Waals surface area (Å²) in [6.45, 7) is 3.55. The second-order valence-electron chi connectivity index (χ2n) is 14.7. The molecule has 1 aliphatic carbocycles. The molecule has 3 atom stereocenters. The fourth-order valence-corrected chi connectivity index (χ4v) is 15.1. The molecule has 0 spiro atoms. The van der Waals surface area contributed by atoms with Crippen LogP contribution in [-0.2, 0) is 23.5 Å². The Labute approximate surface area is 295 Å². The summed E-state index contributed by atoms with van der Waals surface area (Å²) in [5.74, 6) is 1.32. The second kappa shape index (κ2) is 14.6. The first-order valence-corrected chi connectivity index (χ1v) is 21.1. The first-order valence-electron chi connectivity index (χ1n) is 18.8. The normalized spacial score (nSPS) is 21.0. The van der Waals surface area contributed by atoms with Crippen molar-refractivity contribution in [3.8, 4) is 0 Å². The molecule has 0 radical (unpaired) electrons. The third-order valence-electron chi connectivity index (χ3n) is 11.5. The summed E-state index contributed by atoms with van der Waals surface area (Å²) in [5, 5.41) is 3.99. The molecule has 0 saturated heterocycles. The number of fused-ring (bicyclic) bond motifs is 2. The molecule has 1 heterocycles. The molecule has 1 aliphatic heterocycles. The van der Waals surface area contributed by atoms with Gasteiger partial charge in [-0.25, -0.2) is 0 Å². The summed E-state index contributed by atoms with van der Waals surface area (Å²) < 4.78 is 8.25. The molecule has 0 bridgehead atoms. The molecule has 7 rings (SSSR count). The van der Waals surface area contributed by atoms with E-state index in [1.54, 1.807) is 11.1 Å². The van der Waals surface area contributed by atoms with E-state index >= 15 is 0 Å². The molecule has 2 heteroatoms. The zero-order valence-electron chi connectivity index (χ0n) is 29.7. The van der Waals surface area contributed by atoms with Gasteiger partial charge in [-0.15, -0.1) is 0 Å². The Balaban J connectivity index is 1.49.